The van der Waals surface area contributed by atoms with Crippen LogP contribution < -0.4 is 10.1 Å². The first-order valence-electron chi connectivity index (χ1n) is 8.98. The first-order valence-corrected chi connectivity index (χ1v) is 11.1. The molecule has 0 aliphatic rings. The average Bonchev–Trinajstić information content (AvgIpc) is 2.69. The standard InChI is InChI=1S/C21H29NO2.CH3I/c1-3-5-8-19(4-2)9-6-15-22-16-7-18-24-21-12-10-20(11-13-21)14-17-23;1-2/h3-5,8,10-13,17,22H,1,6-7,9,14-16,18H2,2H3;1H3/b8-5-,19-4+;. The molecule has 0 heterocycles. The third-order valence-electron chi connectivity index (χ3n) is 3.65. The molecule has 0 saturated heterocycles. The van der Waals surface area contributed by atoms with Crippen molar-refractivity contribution in [3.8, 4) is 5.75 Å². The summed E-state index contributed by atoms with van der Waals surface area (Å²) in [6.45, 7) is 8.42. The van der Waals surface area contributed by atoms with Crippen molar-refractivity contribution >= 4 is 28.9 Å². The van der Waals surface area contributed by atoms with Gasteiger partial charge in [0.15, 0.2) is 0 Å². The molecular weight excluding hydrogens is 437 g/mol. The second-order valence-electron chi connectivity index (χ2n) is 5.53. The molecule has 0 atom stereocenters. The van der Waals surface area contributed by atoms with Crippen LogP contribution in [-0.4, -0.2) is 30.9 Å². The lowest BCUT2D eigenvalue weighted by Crippen LogP contribution is -2.18. The minimum absolute atomic E-state index is 0.461. The van der Waals surface area contributed by atoms with Crippen molar-refractivity contribution in [3.05, 3.63) is 66.3 Å². The fourth-order valence-corrected chi connectivity index (χ4v) is 2.26. The topological polar surface area (TPSA) is 38.3 Å². The third-order valence-corrected chi connectivity index (χ3v) is 3.65. The molecule has 1 aromatic rings. The second kappa shape index (κ2) is 18.4. The van der Waals surface area contributed by atoms with Crippen LogP contribution in [-0.2, 0) is 11.2 Å². The fourth-order valence-electron chi connectivity index (χ4n) is 2.26. The minimum Gasteiger partial charge on any atom is -0.494 e. The molecule has 1 N–H and O–H groups in total. The molecule has 0 bridgehead atoms. The number of rotatable bonds is 13. The second-order valence-corrected chi connectivity index (χ2v) is 5.53. The van der Waals surface area contributed by atoms with Crippen LogP contribution in [0.2, 0.25) is 0 Å². The molecule has 0 aromatic heterocycles. The average molecular weight is 469 g/mol. The van der Waals surface area contributed by atoms with Gasteiger partial charge in [-0.15, -0.1) is 0 Å². The van der Waals surface area contributed by atoms with Gasteiger partial charge in [-0.25, -0.2) is 0 Å². The summed E-state index contributed by atoms with van der Waals surface area (Å²) in [5, 5.41) is 3.44. The highest BCUT2D eigenvalue weighted by Gasteiger charge is 1.96. The summed E-state index contributed by atoms with van der Waals surface area (Å²) in [7, 11) is 0. The lowest BCUT2D eigenvalue weighted by molar-refractivity contribution is -0.107. The Morgan fingerprint density at radius 2 is 1.88 bits per heavy atom. The number of carbonyl (C=O) groups excluding carboxylic acids is 1. The Bertz CT molecular complexity index is 536. The number of hydrogen-bond donors (Lipinski definition) is 1. The first-order chi connectivity index (χ1) is 12.8. The third kappa shape index (κ3) is 12.9. The Kier molecular flexibility index (Phi) is 17.4. The van der Waals surface area contributed by atoms with Gasteiger partial charge < -0.3 is 14.8 Å². The number of nitrogens with one attached hydrogen (secondary N) is 1. The summed E-state index contributed by atoms with van der Waals surface area (Å²) in [4.78, 5) is 12.4. The van der Waals surface area contributed by atoms with Gasteiger partial charge in [0.05, 0.1) is 6.61 Å². The van der Waals surface area contributed by atoms with Crippen LogP contribution in [0.25, 0.3) is 0 Å². The van der Waals surface area contributed by atoms with Gasteiger partial charge in [0, 0.05) is 6.42 Å². The van der Waals surface area contributed by atoms with Gasteiger partial charge in [-0.2, -0.15) is 0 Å². The molecule has 1 rings (SSSR count). The van der Waals surface area contributed by atoms with E-state index in [0.717, 1.165) is 50.0 Å². The fraction of sp³-hybridized carbons (Fsp3) is 0.409. The van der Waals surface area contributed by atoms with Gasteiger partial charge in [-0.1, -0.05) is 71.2 Å². The Morgan fingerprint density at radius 3 is 2.50 bits per heavy atom. The van der Waals surface area contributed by atoms with Crippen molar-refractivity contribution in [2.24, 2.45) is 0 Å². The predicted molar refractivity (Wildman–Crippen MR) is 121 cm³/mol. The number of carbonyl (C=O) groups is 1. The zero-order chi connectivity index (χ0) is 19.5. The van der Waals surface area contributed by atoms with Crippen molar-refractivity contribution in [2.45, 2.75) is 32.6 Å². The largest absolute Gasteiger partial charge is 0.494 e. The zero-order valence-electron chi connectivity index (χ0n) is 16.0. The molecule has 26 heavy (non-hydrogen) atoms. The molecule has 0 spiro atoms. The van der Waals surface area contributed by atoms with E-state index in [2.05, 4.69) is 53.6 Å². The van der Waals surface area contributed by atoms with Crippen molar-refractivity contribution in [3.63, 3.8) is 0 Å². The van der Waals surface area contributed by atoms with E-state index in [0.29, 0.717) is 13.0 Å². The maximum Gasteiger partial charge on any atom is 0.124 e. The molecule has 144 valence electrons. The molecule has 0 aliphatic carbocycles. The van der Waals surface area contributed by atoms with Crippen LogP contribution in [0, 0.1) is 0 Å². The van der Waals surface area contributed by atoms with Gasteiger partial charge in [-0.05, 0) is 61.9 Å². The number of aldehydes is 1. The Morgan fingerprint density at radius 1 is 1.19 bits per heavy atom. The molecule has 4 heteroatoms. The summed E-state index contributed by atoms with van der Waals surface area (Å²) in [5.74, 6) is 0.858. The maximum atomic E-state index is 10.4. The highest BCUT2D eigenvalue weighted by Crippen LogP contribution is 2.12. The van der Waals surface area contributed by atoms with Gasteiger partial charge in [-0.3, -0.25) is 0 Å². The molecule has 0 unspecified atom stereocenters. The van der Waals surface area contributed by atoms with E-state index >= 15 is 0 Å². The molecule has 1 aromatic carbocycles. The SMILES string of the molecule is C=C/C=C\C(=C/C)CCCNCCCOc1ccc(CC=O)cc1.CI. The van der Waals surface area contributed by atoms with Crippen molar-refractivity contribution in [1.82, 2.24) is 5.32 Å². The van der Waals surface area contributed by atoms with E-state index in [1.165, 1.54) is 5.57 Å². The number of allylic oxidation sites excluding steroid dienone is 5. The van der Waals surface area contributed by atoms with Crippen molar-refractivity contribution < 1.29 is 9.53 Å². The molecule has 0 fully saturated rings. The Labute approximate surface area is 172 Å². The maximum absolute atomic E-state index is 10.4. The molecule has 0 saturated carbocycles. The lowest BCUT2D eigenvalue weighted by Gasteiger charge is -2.08. The molecule has 0 amide bonds. The van der Waals surface area contributed by atoms with E-state index in [4.69, 9.17) is 4.74 Å². The van der Waals surface area contributed by atoms with E-state index in [1.54, 1.807) is 6.08 Å². The summed E-state index contributed by atoms with van der Waals surface area (Å²) >= 11 is 2.15. The van der Waals surface area contributed by atoms with Crippen LogP contribution in [0.1, 0.15) is 31.7 Å². The van der Waals surface area contributed by atoms with Crippen LogP contribution in [0.3, 0.4) is 0 Å². The smallest absolute Gasteiger partial charge is 0.124 e. The summed E-state index contributed by atoms with van der Waals surface area (Å²) < 4.78 is 5.69. The van der Waals surface area contributed by atoms with Gasteiger partial charge in [0.1, 0.15) is 12.0 Å². The van der Waals surface area contributed by atoms with Crippen molar-refractivity contribution in [2.75, 3.05) is 24.6 Å². The number of halogens is 1. The van der Waals surface area contributed by atoms with Gasteiger partial charge >= 0.3 is 0 Å². The van der Waals surface area contributed by atoms with E-state index < -0.39 is 0 Å². The molecular formula is C22H32INO2. The normalized spacial score (nSPS) is 11.0. The van der Waals surface area contributed by atoms with Crippen LogP contribution in [0.5, 0.6) is 5.75 Å². The van der Waals surface area contributed by atoms with Gasteiger partial charge in [0.2, 0.25) is 0 Å². The summed E-state index contributed by atoms with van der Waals surface area (Å²) in [6, 6.07) is 7.70. The molecule has 3 nitrogen and oxygen atoms in total. The zero-order valence-corrected chi connectivity index (χ0v) is 18.2. The van der Waals surface area contributed by atoms with Crippen LogP contribution >= 0.6 is 22.6 Å². The van der Waals surface area contributed by atoms with Crippen molar-refractivity contribution in [1.29, 1.82) is 0 Å². The molecule has 0 aliphatic heterocycles. The lowest BCUT2D eigenvalue weighted by atomic mass is 10.1. The number of ether oxygens (including phenoxy) is 1. The van der Waals surface area contributed by atoms with E-state index in [-0.39, 0.29) is 0 Å². The summed E-state index contributed by atoms with van der Waals surface area (Å²) in [6.07, 6.45) is 12.6. The number of benzene rings is 1. The highest BCUT2D eigenvalue weighted by molar-refractivity contribution is 14.1. The van der Waals surface area contributed by atoms with E-state index in [9.17, 15) is 4.79 Å². The van der Waals surface area contributed by atoms with Crippen LogP contribution in [0.15, 0.2) is 60.7 Å². The Balaban J connectivity index is 0.00000301. The monoisotopic (exact) mass is 469 g/mol. The van der Waals surface area contributed by atoms with Gasteiger partial charge in [0.25, 0.3) is 0 Å². The molecule has 0 radical (unpaired) electrons. The highest BCUT2D eigenvalue weighted by atomic mass is 127. The quantitative estimate of drug-likeness (QED) is 0.140. The van der Waals surface area contributed by atoms with E-state index in [1.807, 2.05) is 35.3 Å². The minimum atomic E-state index is 0.461. The predicted octanol–water partition coefficient (Wildman–Crippen LogP) is 5.31. The number of alkyl halides is 1. The van der Waals surface area contributed by atoms with Crippen LogP contribution in [0.4, 0.5) is 0 Å². The number of hydrogen-bond acceptors (Lipinski definition) is 3. The summed E-state index contributed by atoms with van der Waals surface area (Å²) in [5.41, 5.74) is 2.36. The Hall–Kier alpha value is -1.40. The first kappa shape index (κ1) is 24.6.